The molecule has 0 fully saturated rings. The van der Waals surface area contributed by atoms with E-state index in [1.54, 1.807) is 6.07 Å². The molecule has 2 N–H and O–H groups in total. The lowest BCUT2D eigenvalue weighted by Gasteiger charge is -2.16. The van der Waals surface area contributed by atoms with E-state index in [9.17, 15) is 4.79 Å². The molecule has 1 aromatic heterocycles. The Morgan fingerprint density at radius 1 is 1.32 bits per heavy atom. The fraction of sp³-hybridized carbons (Fsp3) is 0.200. The molecule has 0 spiro atoms. The van der Waals surface area contributed by atoms with Gasteiger partial charge in [0.1, 0.15) is 18.1 Å². The van der Waals surface area contributed by atoms with Gasteiger partial charge in [-0.25, -0.2) is 0 Å². The van der Waals surface area contributed by atoms with Crippen molar-refractivity contribution in [3.05, 3.63) is 48.0 Å². The van der Waals surface area contributed by atoms with Gasteiger partial charge in [0, 0.05) is 29.5 Å². The SMILES string of the molecule is C#CCC(CNC)Oc1ccc(-c2n[nH]c3ccc(C=O)cc23)cc1. The van der Waals surface area contributed by atoms with Gasteiger partial charge in [0.25, 0.3) is 0 Å². The first kappa shape index (κ1) is 16.7. The highest BCUT2D eigenvalue weighted by Crippen LogP contribution is 2.28. The zero-order valence-corrected chi connectivity index (χ0v) is 14.0. The lowest BCUT2D eigenvalue weighted by atomic mass is 10.1. The molecule has 5 heteroatoms. The molecule has 1 heterocycles. The maximum absolute atomic E-state index is 11.0. The number of carbonyl (C=O) groups is 1. The van der Waals surface area contributed by atoms with E-state index in [4.69, 9.17) is 11.2 Å². The van der Waals surface area contributed by atoms with E-state index in [-0.39, 0.29) is 6.10 Å². The second-order valence-electron chi connectivity index (χ2n) is 5.73. The summed E-state index contributed by atoms with van der Waals surface area (Å²) in [4.78, 5) is 11.0. The summed E-state index contributed by atoms with van der Waals surface area (Å²) in [5, 5.41) is 11.4. The Labute approximate surface area is 146 Å². The molecule has 25 heavy (non-hydrogen) atoms. The van der Waals surface area contributed by atoms with Crippen molar-refractivity contribution in [1.82, 2.24) is 15.5 Å². The highest BCUT2D eigenvalue weighted by atomic mass is 16.5. The molecule has 1 atom stereocenters. The molecular weight excluding hydrogens is 314 g/mol. The molecule has 1 unspecified atom stereocenters. The van der Waals surface area contributed by atoms with Gasteiger partial charge in [0.2, 0.25) is 0 Å². The highest BCUT2D eigenvalue weighted by Gasteiger charge is 2.11. The lowest BCUT2D eigenvalue weighted by molar-refractivity contribution is 0.112. The number of aromatic amines is 1. The van der Waals surface area contributed by atoms with E-state index >= 15 is 0 Å². The second-order valence-corrected chi connectivity index (χ2v) is 5.73. The zero-order chi connectivity index (χ0) is 17.6. The first-order valence-electron chi connectivity index (χ1n) is 8.03. The smallest absolute Gasteiger partial charge is 0.150 e. The molecule has 5 nitrogen and oxygen atoms in total. The molecule has 0 aliphatic heterocycles. The number of fused-ring (bicyclic) bond motifs is 1. The molecule has 0 aliphatic rings. The Balaban J connectivity index is 1.85. The minimum absolute atomic E-state index is 0.0674. The van der Waals surface area contributed by atoms with Crippen molar-refractivity contribution >= 4 is 17.2 Å². The molecule has 0 aliphatic carbocycles. The molecule has 0 amide bonds. The number of nitrogens with zero attached hydrogens (tertiary/aromatic N) is 1. The van der Waals surface area contributed by atoms with Crippen LogP contribution in [-0.4, -0.2) is 36.2 Å². The maximum Gasteiger partial charge on any atom is 0.150 e. The number of rotatable bonds is 7. The van der Waals surface area contributed by atoms with Crippen molar-refractivity contribution in [2.24, 2.45) is 0 Å². The number of H-pyrrole nitrogens is 1. The van der Waals surface area contributed by atoms with Crippen LogP contribution in [0.3, 0.4) is 0 Å². The van der Waals surface area contributed by atoms with E-state index in [1.165, 1.54) is 0 Å². The average molecular weight is 333 g/mol. The van der Waals surface area contributed by atoms with Crippen LogP contribution in [0.1, 0.15) is 16.8 Å². The Bertz CT molecular complexity index is 907. The number of likely N-dealkylation sites (N-methyl/N-ethyl adjacent to an activating group) is 1. The van der Waals surface area contributed by atoms with Gasteiger partial charge in [-0.2, -0.15) is 5.10 Å². The third-order valence-corrected chi connectivity index (χ3v) is 3.93. The summed E-state index contributed by atoms with van der Waals surface area (Å²) < 4.78 is 5.91. The van der Waals surface area contributed by atoms with Crippen LogP contribution < -0.4 is 10.1 Å². The minimum Gasteiger partial charge on any atom is -0.488 e. The van der Waals surface area contributed by atoms with Crippen LogP contribution in [-0.2, 0) is 0 Å². The summed E-state index contributed by atoms with van der Waals surface area (Å²) >= 11 is 0. The van der Waals surface area contributed by atoms with E-state index in [0.717, 1.165) is 34.2 Å². The van der Waals surface area contributed by atoms with Crippen LogP contribution in [0.15, 0.2) is 42.5 Å². The van der Waals surface area contributed by atoms with Crippen LogP contribution in [0, 0.1) is 12.3 Å². The van der Waals surface area contributed by atoms with Crippen LogP contribution in [0.2, 0.25) is 0 Å². The predicted octanol–water partition coefficient (Wildman–Crippen LogP) is 3.03. The fourth-order valence-corrected chi connectivity index (χ4v) is 2.72. The number of nitrogens with one attached hydrogen (secondary N) is 2. The number of benzene rings is 2. The molecule has 0 saturated heterocycles. The molecule has 0 saturated carbocycles. The largest absolute Gasteiger partial charge is 0.488 e. The van der Waals surface area contributed by atoms with Gasteiger partial charge in [-0.05, 0) is 49.5 Å². The highest BCUT2D eigenvalue weighted by molar-refractivity contribution is 5.96. The summed E-state index contributed by atoms with van der Waals surface area (Å²) in [5.41, 5.74) is 3.27. The average Bonchev–Trinajstić information content (AvgIpc) is 3.06. The van der Waals surface area contributed by atoms with Crippen LogP contribution in [0.4, 0.5) is 0 Å². The van der Waals surface area contributed by atoms with Gasteiger partial charge in [0.05, 0.1) is 11.2 Å². The van der Waals surface area contributed by atoms with E-state index in [0.29, 0.717) is 18.5 Å². The van der Waals surface area contributed by atoms with Crippen molar-refractivity contribution in [3.63, 3.8) is 0 Å². The second kappa shape index (κ2) is 7.65. The quantitative estimate of drug-likeness (QED) is 0.515. The Morgan fingerprint density at radius 3 is 2.80 bits per heavy atom. The number of ether oxygens (including phenoxy) is 1. The monoisotopic (exact) mass is 333 g/mol. The summed E-state index contributed by atoms with van der Waals surface area (Å²) in [5.74, 6) is 3.39. The Kier molecular flexibility index (Phi) is 5.12. The molecule has 3 aromatic rings. The van der Waals surface area contributed by atoms with Gasteiger partial charge in [-0.1, -0.05) is 0 Å². The van der Waals surface area contributed by atoms with Crippen molar-refractivity contribution in [2.45, 2.75) is 12.5 Å². The van der Waals surface area contributed by atoms with Crippen molar-refractivity contribution in [1.29, 1.82) is 0 Å². The van der Waals surface area contributed by atoms with E-state index in [2.05, 4.69) is 21.4 Å². The van der Waals surface area contributed by atoms with Gasteiger partial charge in [-0.15, -0.1) is 12.3 Å². The van der Waals surface area contributed by atoms with Crippen molar-refractivity contribution in [2.75, 3.05) is 13.6 Å². The van der Waals surface area contributed by atoms with Crippen molar-refractivity contribution in [3.8, 4) is 29.4 Å². The summed E-state index contributed by atoms with van der Waals surface area (Å²) in [7, 11) is 1.87. The number of hydrogen-bond acceptors (Lipinski definition) is 4. The zero-order valence-electron chi connectivity index (χ0n) is 14.0. The van der Waals surface area contributed by atoms with Gasteiger partial charge < -0.3 is 10.1 Å². The summed E-state index contributed by atoms with van der Waals surface area (Å²) in [6.07, 6.45) is 6.69. The number of aldehydes is 1. The summed E-state index contributed by atoms with van der Waals surface area (Å²) in [6.45, 7) is 0.685. The maximum atomic E-state index is 11.0. The topological polar surface area (TPSA) is 67.0 Å². The lowest BCUT2D eigenvalue weighted by Crippen LogP contribution is -2.28. The van der Waals surface area contributed by atoms with Crippen molar-refractivity contribution < 1.29 is 9.53 Å². The van der Waals surface area contributed by atoms with Crippen LogP contribution >= 0.6 is 0 Å². The normalized spacial score (nSPS) is 11.8. The standard InChI is InChI=1S/C20H19N3O2/c1-3-4-17(12-21-2)25-16-8-6-15(7-9-16)20-18-11-14(13-24)5-10-19(18)22-23-20/h1,5-11,13,17,21H,4,12H2,2H3,(H,22,23). The Hall–Kier alpha value is -3.10. The predicted molar refractivity (Wildman–Crippen MR) is 98.7 cm³/mol. The molecule has 2 aromatic carbocycles. The van der Waals surface area contributed by atoms with Gasteiger partial charge in [-0.3, -0.25) is 9.89 Å². The first-order valence-corrected chi connectivity index (χ1v) is 8.03. The molecule has 0 radical (unpaired) electrons. The number of aromatic nitrogens is 2. The van der Waals surface area contributed by atoms with Gasteiger partial charge >= 0.3 is 0 Å². The molecule has 126 valence electrons. The first-order chi connectivity index (χ1) is 12.2. The van der Waals surface area contributed by atoms with E-state index < -0.39 is 0 Å². The Morgan fingerprint density at radius 2 is 2.12 bits per heavy atom. The fourth-order valence-electron chi connectivity index (χ4n) is 2.72. The van der Waals surface area contributed by atoms with E-state index in [1.807, 2.05) is 43.4 Å². The number of carbonyl (C=O) groups excluding carboxylic acids is 1. The third-order valence-electron chi connectivity index (χ3n) is 3.93. The van der Waals surface area contributed by atoms with Gasteiger partial charge in [0.15, 0.2) is 0 Å². The molecular formula is C20H19N3O2. The number of terminal acetylenes is 1. The molecule has 3 rings (SSSR count). The van der Waals surface area contributed by atoms with Crippen LogP contribution in [0.25, 0.3) is 22.2 Å². The minimum atomic E-state index is -0.0674. The third kappa shape index (κ3) is 3.70. The van der Waals surface area contributed by atoms with Crippen LogP contribution in [0.5, 0.6) is 5.75 Å². The molecule has 0 bridgehead atoms. The summed E-state index contributed by atoms with van der Waals surface area (Å²) in [6, 6.07) is 13.2. The number of hydrogen-bond donors (Lipinski definition) is 2.